The lowest BCUT2D eigenvalue weighted by Gasteiger charge is -2.28. The van der Waals surface area contributed by atoms with E-state index in [4.69, 9.17) is 78.3 Å². The smallest absolute Gasteiger partial charge is 0.323 e. The lowest BCUT2D eigenvalue weighted by Crippen LogP contribution is -2.43. The molecule has 6 N–H and O–H groups in total. The van der Waals surface area contributed by atoms with Crippen LogP contribution in [0.2, 0.25) is 10.0 Å². The van der Waals surface area contributed by atoms with Gasteiger partial charge in [-0.3, -0.25) is 18.7 Å². The largest absolute Gasteiger partial charge is 0.463 e. The van der Waals surface area contributed by atoms with Gasteiger partial charge in [-0.25, -0.2) is 29.9 Å². The molecule has 0 bridgehead atoms. The number of nitrogens with zero attached hydrogens (tertiary/aromatic N) is 8. The van der Waals surface area contributed by atoms with Crippen LogP contribution in [0.1, 0.15) is 76.7 Å². The molecule has 0 spiro atoms. The Bertz CT molecular complexity index is 2830. The predicted octanol–water partition coefficient (Wildman–Crippen LogP) is 5.14. The van der Waals surface area contributed by atoms with Crippen molar-refractivity contribution in [2.75, 3.05) is 24.7 Å². The van der Waals surface area contributed by atoms with Crippen molar-refractivity contribution in [2.24, 2.45) is 17.6 Å². The van der Waals surface area contributed by atoms with E-state index in [0.29, 0.717) is 32.4 Å². The van der Waals surface area contributed by atoms with Crippen LogP contribution in [0.25, 0.3) is 22.3 Å². The van der Waals surface area contributed by atoms with Crippen LogP contribution in [-0.4, -0.2) is 106 Å². The van der Waals surface area contributed by atoms with Crippen LogP contribution < -0.4 is 17.2 Å². The maximum Gasteiger partial charge on any atom is 0.323 e. The number of esters is 2. The van der Waals surface area contributed by atoms with Gasteiger partial charge in [0.05, 0.1) is 18.6 Å². The van der Waals surface area contributed by atoms with E-state index in [2.05, 4.69) is 29.9 Å². The molecule has 1 saturated carbocycles. The summed E-state index contributed by atoms with van der Waals surface area (Å²) >= 11 is 12.1. The first-order chi connectivity index (χ1) is 32.6. The third-order valence-electron chi connectivity index (χ3n) is 12.9. The van der Waals surface area contributed by atoms with Gasteiger partial charge in [-0.2, -0.15) is 0 Å². The highest BCUT2D eigenvalue weighted by molar-refractivity contribution is 6.30. The summed E-state index contributed by atoms with van der Waals surface area (Å²) in [6.07, 6.45) is 2.71. The molecule has 0 amide bonds. The van der Waals surface area contributed by atoms with Crippen LogP contribution in [0.3, 0.4) is 0 Å². The Hall–Kier alpha value is -5.62. The molecule has 68 heavy (non-hydrogen) atoms. The number of anilines is 2. The average molecular weight is 975 g/mol. The van der Waals surface area contributed by atoms with Crippen molar-refractivity contribution < 1.29 is 47.5 Å². The normalized spacial score (nSPS) is 30.0. The van der Waals surface area contributed by atoms with Gasteiger partial charge >= 0.3 is 11.9 Å². The topological polar surface area (TPSA) is 273 Å². The second-order valence-electron chi connectivity index (χ2n) is 18.0. The van der Waals surface area contributed by atoms with E-state index in [9.17, 15) is 9.59 Å². The van der Waals surface area contributed by atoms with Gasteiger partial charge < -0.3 is 55.1 Å². The molecule has 4 saturated heterocycles. The number of hydrogen-bond donors (Lipinski definition) is 3. The van der Waals surface area contributed by atoms with Gasteiger partial charge in [0.15, 0.2) is 48.0 Å². The summed E-state index contributed by atoms with van der Waals surface area (Å²) in [5, 5.41) is 1.23. The van der Waals surface area contributed by atoms with Crippen LogP contribution in [0.5, 0.6) is 0 Å². The minimum Gasteiger partial charge on any atom is -0.463 e. The molecule has 6 aromatic rings. The molecule has 8 heterocycles. The third-order valence-corrected chi connectivity index (χ3v) is 13.4. The Labute approximate surface area is 398 Å². The van der Waals surface area contributed by atoms with Crippen molar-refractivity contribution in [3.05, 3.63) is 95.0 Å². The second kappa shape index (κ2) is 18.0. The second-order valence-corrected chi connectivity index (χ2v) is 18.9. The fourth-order valence-corrected chi connectivity index (χ4v) is 9.18. The molecule has 2 aromatic carbocycles. The molecule has 4 aliphatic heterocycles. The van der Waals surface area contributed by atoms with Crippen LogP contribution in [0, 0.1) is 11.8 Å². The number of rotatable bonds is 11. The maximum atomic E-state index is 12.4. The molecular formula is C45H49Cl2N11O10. The fraction of sp³-hybridized carbons (Fsp3) is 0.467. The number of benzene rings is 2. The Balaban J connectivity index is 0.000000159. The van der Waals surface area contributed by atoms with E-state index >= 15 is 0 Å². The van der Waals surface area contributed by atoms with Crippen LogP contribution in [0.4, 0.5) is 11.6 Å². The van der Waals surface area contributed by atoms with Gasteiger partial charge in [0, 0.05) is 21.2 Å². The molecule has 0 radical (unpaired) electrons. The predicted molar refractivity (Wildman–Crippen MR) is 242 cm³/mol. The summed E-state index contributed by atoms with van der Waals surface area (Å²) in [4.78, 5) is 50.0. The van der Waals surface area contributed by atoms with Gasteiger partial charge in [0.1, 0.15) is 78.6 Å². The van der Waals surface area contributed by atoms with Crippen LogP contribution in [-0.2, 0) is 47.5 Å². The molecule has 5 aliphatic rings. The summed E-state index contributed by atoms with van der Waals surface area (Å²) in [5.41, 5.74) is 19.5. The van der Waals surface area contributed by atoms with E-state index in [-0.39, 0.29) is 42.7 Å². The Morgan fingerprint density at radius 1 is 0.691 bits per heavy atom. The number of hydrogen-bond acceptors (Lipinski definition) is 19. The molecule has 5 fully saturated rings. The lowest BCUT2D eigenvalue weighted by molar-refractivity contribution is -0.180. The summed E-state index contributed by atoms with van der Waals surface area (Å²) in [5.74, 6) is -0.248. The molecule has 23 heteroatoms. The number of imidazole rings is 2. The molecule has 21 nitrogen and oxygen atoms in total. The first kappa shape index (κ1) is 46.1. The molecule has 11 atom stereocenters. The zero-order valence-electron chi connectivity index (χ0n) is 37.3. The number of carbonyl (C=O) groups is 2. The molecule has 2 unspecified atom stereocenters. The SMILES string of the molecule is CC(C)[C@H](N)C(=O)OC[C@H]1O[C@@H](n2cnc3c(N)ncnc32)[C@]2(C)OC(c3ccc(Cl)cc3)O[C@H]12.C[C@@]12OC(c3ccc(Cl)cc3)O[C@@H]1[C@@H](COC(=O)C1CC1)O[C@H]2n1cnc2c(N)ncnc21. The molecule has 4 aromatic heterocycles. The standard InChI is InChI=1S/C23H27ClN6O5.C22H22ClN5O5/c1-11(2)15(25)20(31)32-8-14-17-23(3,35-21(34-17)12-4-6-13(24)7-5-12)22(33-14)30-10-29-16-18(26)27-9-28-19(16)30;1-22-16(32-20(33-22)12-4-6-13(23)7-5-12)14(8-30-19(29)11-2-3-11)31-21(22)28-10-27-15-17(24)25-9-26-18(15)28/h4-7,9-11,14-15,17,21-22H,8,25H2,1-3H3,(H2,26,27,28);4-7,9-11,14,16,20-21H,2-3,8H2,1H3,(H2,24,25,26)/t14-,15+,17-,21?,22-,23-;14-,16-,20?,21-,22-/m11/s1. The fourth-order valence-electron chi connectivity index (χ4n) is 8.93. The van der Waals surface area contributed by atoms with Crippen molar-refractivity contribution in [3.63, 3.8) is 0 Å². The number of carbonyl (C=O) groups excluding carboxylic acids is 2. The number of nitrogen functional groups attached to an aromatic ring is 2. The Kier molecular flexibility index (Phi) is 12.2. The highest BCUT2D eigenvalue weighted by Crippen LogP contribution is 2.54. The van der Waals surface area contributed by atoms with E-state index in [1.54, 1.807) is 46.1 Å². The van der Waals surface area contributed by atoms with Crippen LogP contribution >= 0.6 is 23.2 Å². The van der Waals surface area contributed by atoms with Gasteiger partial charge in [0.25, 0.3) is 0 Å². The molecular weight excluding hydrogens is 925 g/mol. The number of fused-ring (bicyclic) bond motifs is 4. The summed E-state index contributed by atoms with van der Waals surface area (Å²) in [7, 11) is 0. The highest BCUT2D eigenvalue weighted by atomic mass is 35.5. The minimum absolute atomic E-state index is 0.00610. The third kappa shape index (κ3) is 8.38. The first-order valence-corrected chi connectivity index (χ1v) is 22.8. The van der Waals surface area contributed by atoms with Crippen molar-refractivity contribution >= 4 is 69.1 Å². The summed E-state index contributed by atoms with van der Waals surface area (Å²) in [6, 6.07) is 13.8. The summed E-state index contributed by atoms with van der Waals surface area (Å²) in [6.45, 7) is 7.51. The van der Waals surface area contributed by atoms with Crippen molar-refractivity contribution in [3.8, 4) is 0 Å². The number of aromatic nitrogens is 8. The minimum atomic E-state index is -0.977. The zero-order valence-corrected chi connectivity index (χ0v) is 38.8. The van der Waals surface area contributed by atoms with Gasteiger partial charge in [-0.1, -0.05) is 61.3 Å². The van der Waals surface area contributed by atoms with Gasteiger partial charge in [0.2, 0.25) is 0 Å². The van der Waals surface area contributed by atoms with Gasteiger partial charge in [-0.15, -0.1) is 0 Å². The van der Waals surface area contributed by atoms with E-state index in [0.717, 1.165) is 24.0 Å². The maximum absolute atomic E-state index is 12.4. The molecule has 1 aliphatic carbocycles. The first-order valence-electron chi connectivity index (χ1n) is 22.1. The van der Waals surface area contributed by atoms with Gasteiger partial charge in [-0.05, 0) is 56.9 Å². The van der Waals surface area contributed by atoms with E-state index in [1.807, 2.05) is 52.0 Å². The monoisotopic (exact) mass is 973 g/mol. The number of halogens is 2. The summed E-state index contributed by atoms with van der Waals surface area (Å²) < 4.78 is 52.8. The molecule has 358 valence electrons. The average Bonchev–Trinajstić information content (AvgIpc) is 3.61. The van der Waals surface area contributed by atoms with E-state index < -0.39 is 72.7 Å². The van der Waals surface area contributed by atoms with Crippen molar-refractivity contribution in [1.82, 2.24) is 39.0 Å². The Morgan fingerprint density at radius 2 is 1.13 bits per heavy atom. The quantitative estimate of drug-likeness (QED) is 0.142. The van der Waals surface area contributed by atoms with Crippen molar-refractivity contribution in [1.29, 1.82) is 0 Å². The Morgan fingerprint density at radius 3 is 1.56 bits per heavy atom. The lowest BCUT2D eigenvalue weighted by atomic mass is 9.96. The highest BCUT2D eigenvalue weighted by Gasteiger charge is 2.64. The zero-order chi connectivity index (χ0) is 47.6. The van der Waals surface area contributed by atoms with Crippen molar-refractivity contribution in [2.45, 2.75) is 107 Å². The van der Waals surface area contributed by atoms with Crippen LogP contribution in [0.15, 0.2) is 73.8 Å². The molecule has 11 rings (SSSR count). The number of nitrogens with two attached hydrogens (primary N) is 3. The van der Waals surface area contributed by atoms with E-state index in [1.165, 1.54) is 12.7 Å². The number of ether oxygens (including phenoxy) is 8.